The molecule has 33 heavy (non-hydrogen) atoms. The number of nitrogens with one attached hydrogen (secondary N) is 2. The molecule has 0 spiro atoms. The minimum Gasteiger partial charge on any atom is -0.495 e. The number of ether oxygens (including phenoxy) is 2. The normalized spacial score (nSPS) is 15.8. The molecule has 0 radical (unpaired) electrons. The molecule has 1 aromatic heterocycles. The summed E-state index contributed by atoms with van der Waals surface area (Å²) in [4.78, 5) is 28.1. The summed E-state index contributed by atoms with van der Waals surface area (Å²) < 4.78 is 10.8. The Morgan fingerprint density at radius 3 is 2.36 bits per heavy atom. The van der Waals surface area contributed by atoms with Crippen LogP contribution in [-0.2, 0) is 15.1 Å². The topological polar surface area (TPSA) is 101 Å². The van der Waals surface area contributed by atoms with Crippen LogP contribution in [0, 0.1) is 12.8 Å². The second-order valence-corrected chi connectivity index (χ2v) is 9.22. The number of amides is 1. The molecule has 0 unspecified atom stereocenters. The maximum atomic E-state index is 13.3. The number of hydrogen-bond donors (Lipinski definition) is 3. The van der Waals surface area contributed by atoms with Gasteiger partial charge in [-0.2, -0.15) is 0 Å². The quantitative estimate of drug-likeness (QED) is 0.468. The molecule has 3 N–H and O–H groups in total. The molecule has 1 aliphatic heterocycles. The average Bonchev–Trinajstić information content (AvgIpc) is 3.08. The van der Waals surface area contributed by atoms with Crippen molar-refractivity contribution in [1.29, 1.82) is 0 Å². The van der Waals surface area contributed by atoms with Crippen LogP contribution in [0.5, 0.6) is 5.75 Å². The van der Waals surface area contributed by atoms with Gasteiger partial charge in [-0.05, 0) is 41.7 Å². The van der Waals surface area contributed by atoms with E-state index in [1.54, 1.807) is 13.2 Å². The lowest BCUT2D eigenvalue weighted by Gasteiger charge is -2.42. The standard InChI is InChI=1S/C25H27ClN2O5/c1-13(2)19(24(30)31)15-5-7-16(8-6-15)25(11-33-12-25)28-23(29)22-14(3)20-17(27-22)9-10-18(32-4)21(20)26/h5-10,13,19,27H,11-12H2,1-4H3,(H,28,29)(H,30,31)/t19-/m0/s1. The molecule has 3 aromatic rings. The second-order valence-electron chi connectivity index (χ2n) is 8.84. The summed E-state index contributed by atoms with van der Waals surface area (Å²) in [5, 5.41) is 13.9. The van der Waals surface area contributed by atoms with Crippen LogP contribution in [0.4, 0.5) is 0 Å². The first-order chi connectivity index (χ1) is 15.7. The number of carbonyl (C=O) groups excluding carboxylic acids is 1. The third-order valence-corrected chi connectivity index (χ3v) is 6.74. The van der Waals surface area contributed by atoms with Crippen LogP contribution in [0.1, 0.15) is 46.9 Å². The number of aryl methyl sites for hydroxylation is 1. The van der Waals surface area contributed by atoms with E-state index >= 15 is 0 Å². The number of benzene rings is 2. The minimum absolute atomic E-state index is 0.0375. The molecule has 4 rings (SSSR count). The van der Waals surface area contributed by atoms with E-state index < -0.39 is 17.4 Å². The van der Waals surface area contributed by atoms with E-state index in [1.165, 1.54) is 0 Å². The molecule has 1 amide bonds. The molecule has 1 aliphatic rings. The molecule has 7 nitrogen and oxygen atoms in total. The number of carboxylic acid groups (broad SMARTS) is 1. The van der Waals surface area contributed by atoms with E-state index in [-0.39, 0.29) is 11.8 Å². The largest absolute Gasteiger partial charge is 0.495 e. The number of aromatic nitrogens is 1. The molecule has 0 bridgehead atoms. The lowest BCUT2D eigenvalue weighted by atomic mass is 9.84. The summed E-state index contributed by atoms with van der Waals surface area (Å²) in [7, 11) is 1.55. The Hall–Kier alpha value is -3.03. The van der Waals surface area contributed by atoms with E-state index in [2.05, 4.69) is 10.3 Å². The predicted octanol–water partition coefficient (Wildman–Crippen LogP) is 4.62. The smallest absolute Gasteiger partial charge is 0.311 e. The Bertz CT molecular complexity index is 1210. The van der Waals surface area contributed by atoms with Gasteiger partial charge in [-0.25, -0.2) is 0 Å². The van der Waals surface area contributed by atoms with Crippen LogP contribution in [0.3, 0.4) is 0 Å². The second kappa shape index (κ2) is 8.72. The summed E-state index contributed by atoms with van der Waals surface area (Å²) in [6.45, 7) is 6.28. The highest BCUT2D eigenvalue weighted by Gasteiger charge is 2.42. The van der Waals surface area contributed by atoms with Crippen LogP contribution in [0.2, 0.25) is 5.02 Å². The Morgan fingerprint density at radius 1 is 1.18 bits per heavy atom. The Balaban J connectivity index is 1.63. The first-order valence-corrected chi connectivity index (χ1v) is 11.1. The van der Waals surface area contributed by atoms with Crippen molar-refractivity contribution in [2.45, 2.75) is 32.2 Å². The molecule has 1 fully saturated rings. The number of methoxy groups -OCH3 is 1. The highest BCUT2D eigenvalue weighted by molar-refractivity contribution is 6.37. The fraction of sp³-hybridized carbons (Fsp3) is 0.360. The first kappa shape index (κ1) is 23.1. The van der Waals surface area contributed by atoms with Gasteiger partial charge in [0.05, 0.1) is 31.3 Å². The fourth-order valence-electron chi connectivity index (χ4n) is 4.49. The van der Waals surface area contributed by atoms with Gasteiger partial charge in [0.2, 0.25) is 0 Å². The number of aromatic amines is 1. The lowest BCUT2D eigenvalue weighted by Crippen LogP contribution is -2.59. The highest BCUT2D eigenvalue weighted by atomic mass is 35.5. The van der Waals surface area contributed by atoms with Crippen molar-refractivity contribution in [3.63, 3.8) is 0 Å². The molecule has 0 aliphatic carbocycles. The zero-order chi connectivity index (χ0) is 23.9. The van der Waals surface area contributed by atoms with Gasteiger partial charge in [-0.3, -0.25) is 9.59 Å². The first-order valence-electron chi connectivity index (χ1n) is 10.8. The Labute approximate surface area is 197 Å². The van der Waals surface area contributed by atoms with E-state index in [1.807, 2.05) is 51.1 Å². The number of hydrogen-bond acceptors (Lipinski definition) is 4. The van der Waals surface area contributed by atoms with E-state index in [9.17, 15) is 14.7 Å². The Morgan fingerprint density at radius 2 is 1.85 bits per heavy atom. The van der Waals surface area contributed by atoms with Crippen LogP contribution in [0.25, 0.3) is 10.9 Å². The fourth-order valence-corrected chi connectivity index (χ4v) is 4.87. The van der Waals surface area contributed by atoms with Crippen LogP contribution >= 0.6 is 11.6 Å². The number of aliphatic carboxylic acids is 1. The molecule has 2 heterocycles. The molecular weight excluding hydrogens is 444 g/mol. The van der Waals surface area contributed by atoms with Crippen molar-refractivity contribution in [1.82, 2.24) is 10.3 Å². The highest BCUT2D eigenvalue weighted by Crippen LogP contribution is 2.37. The van der Waals surface area contributed by atoms with Gasteiger partial charge in [0.25, 0.3) is 5.91 Å². The molecular formula is C25H27ClN2O5. The molecule has 2 aromatic carbocycles. The van der Waals surface area contributed by atoms with Gasteiger partial charge in [-0.15, -0.1) is 0 Å². The maximum Gasteiger partial charge on any atom is 0.311 e. The average molecular weight is 471 g/mol. The lowest BCUT2D eigenvalue weighted by molar-refractivity contribution is -0.139. The van der Waals surface area contributed by atoms with E-state index in [4.69, 9.17) is 21.1 Å². The van der Waals surface area contributed by atoms with Gasteiger partial charge in [0, 0.05) is 10.9 Å². The monoisotopic (exact) mass is 470 g/mol. The molecule has 1 saturated heterocycles. The van der Waals surface area contributed by atoms with Gasteiger partial charge < -0.3 is 24.9 Å². The molecule has 174 valence electrons. The van der Waals surface area contributed by atoms with E-state index in [0.717, 1.165) is 27.6 Å². The third-order valence-electron chi connectivity index (χ3n) is 6.37. The molecule has 8 heteroatoms. The summed E-state index contributed by atoms with van der Waals surface area (Å²) >= 11 is 6.48. The van der Waals surface area contributed by atoms with Crippen LogP contribution in [-0.4, -0.2) is 42.3 Å². The van der Waals surface area contributed by atoms with Crippen molar-refractivity contribution >= 4 is 34.4 Å². The summed E-state index contributed by atoms with van der Waals surface area (Å²) in [5.74, 6) is -1.19. The van der Waals surface area contributed by atoms with Crippen molar-refractivity contribution in [3.05, 3.63) is 63.8 Å². The Kier molecular flexibility index (Phi) is 6.12. The third kappa shape index (κ3) is 3.96. The SMILES string of the molecule is COc1ccc2[nH]c(C(=O)NC3(c4ccc([C@@H](C(=O)O)C(C)C)cc4)COC3)c(C)c2c1Cl. The zero-order valence-electron chi connectivity index (χ0n) is 19.0. The summed E-state index contributed by atoms with van der Waals surface area (Å²) in [6.07, 6.45) is 0. The minimum atomic E-state index is -0.850. The maximum absolute atomic E-state index is 13.3. The number of fused-ring (bicyclic) bond motifs is 1. The van der Waals surface area contributed by atoms with Gasteiger partial charge >= 0.3 is 5.97 Å². The van der Waals surface area contributed by atoms with Crippen LogP contribution < -0.4 is 10.1 Å². The number of rotatable bonds is 7. The number of carboxylic acids is 1. The number of H-pyrrole nitrogens is 1. The molecule has 0 saturated carbocycles. The van der Waals surface area contributed by atoms with Crippen molar-refractivity contribution < 1.29 is 24.2 Å². The van der Waals surface area contributed by atoms with Crippen LogP contribution in [0.15, 0.2) is 36.4 Å². The van der Waals surface area contributed by atoms with Gasteiger partial charge in [0.15, 0.2) is 0 Å². The summed E-state index contributed by atoms with van der Waals surface area (Å²) in [5.41, 5.74) is 2.83. The van der Waals surface area contributed by atoms with Crippen molar-refractivity contribution in [3.8, 4) is 5.75 Å². The molecule has 1 atom stereocenters. The zero-order valence-corrected chi connectivity index (χ0v) is 19.7. The number of carbonyl (C=O) groups is 2. The summed E-state index contributed by atoms with van der Waals surface area (Å²) in [6, 6.07) is 11.0. The van der Waals surface area contributed by atoms with Crippen molar-refractivity contribution in [2.24, 2.45) is 5.92 Å². The predicted molar refractivity (Wildman–Crippen MR) is 126 cm³/mol. The number of halogens is 1. The van der Waals surface area contributed by atoms with Gasteiger partial charge in [-0.1, -0.05) is 49.7 Å². The van der Waals surface area contributed by atoms with Gasteiger partial charge in [0.1, 0.15) is 17.0 Å². The van der Waals surface area contributed by atoms with Crippen molar-refractivity contribution in [2.75, 3.05) is 20.3 Å². The van der Waals surface area contributed by atoms with E-state index in [0.29, 0.717) is 29.7 Å².